The van der Waals surface area contributed by atoms with Crippen LogP contribution in [0.2, 0.25) is 0 Å². The number of nitrogens with zero attached hydrogens (tertiary/aromatic N) is 3. The van der Waals surface area contributed by atoms with Crippen LogP contribution in [-0.4, -0.2) is 35.4 Å². The highest BCUT2D eigenvalue weighted by molar-refractivity contribution is 7.91. The summed E-state index contributed by atoms with van der Waals surface area (Å²) in [6, 6.07) is 5.50. The number of thiophene rings is 1. The molecule has 0 aliphatic carbocycles. The second-order valence-corrected chi connectivity index (χ2v) is 10.3. The third-order valence-corrected chi connectivity index (χ3v) is 8.67. The Morgan fingerprint density at radius 2 is 2.07 bits per heavy atom. The van der Waals surface area contributed by atoms with Gasteiger partial charge in [0.05, 0.1) is 11.7 Å². The smallest absolute Gasteiger partial charge is 0.286 e. The first-order valence-electron chi connectivity index (χ1n) is 8.51. The van der Waals surface area contributed by atoms with E-state index in [1.165, 1.54) is 4.31 Å². The predicted octanol–water partition coefficient (Wildman–Crippen LogP) is 3.66. The third-order valence-electron chi connectivity index (χ3n) is 4.36. The molecule has 0 radical (unpaired) electrons. The Bertz CT molecular complexity index is 1150. The highest BCUT2D eigenvalue weighted by Crippen LogP contribution is 2.38. The Morgan fingerprint density at radius 3 is 2.79 bits per heavy atom. The third kappa shape index (κ3) is 3.92. The van der Waals surface area contributed by atoms with Gasteiger partial charge >= 0.3 is 0 Å². The predicted molar refractivity (Wildman–Crippen MR) is 104 cm³/mol. The molecule has 1 atom stereocenters. The lowest BCUT2D eigenvalue weighted by atomic mass is 10.2. The van der Waals surface area contributed by atoms with Crippen LogP contribution in [0.1, 0.15) is 33.7 Å². The van der Waals surface area contributed by atoms with Gasteiger partial charge in [-0.3, -0.25) is 4.79 Å². The minimum absolute atomic E-state index is 0.0379. The standard InChI is InChI=1S/C17H14F2N4O3S3/c18-10-5-6-12(11(19)9-10)20-15(24)17-22-21-16(28-17)13-3-1-7-23(13)29(25,26)14-4-2-8-27-14/h2,4-6,8-9,13H,1,3,7H2,(H,20,24)/t13-/m1/s1. The van der Waals surface area contributed by atoms with Crippen molar-refractivity contribution in [2.24, 2.45) is 0 Å². The minimum Gasteiger partial charge on any atom is -0.317 e. The Labute approximate surface area is 173 Å². The zero-order chi connectivity index (χ0) is 20.6. The molecule has 1 aliphatic heterocycles. The maximum absolute atomic E-state index is 13.7. The van der Waals surface area contributed by atoms with Crippen LogP contribution in [0.25, 0.3) is 0 Å². The van der Waals surface area contributed by atoms with Crippen molar-refractivity contribution in [2.45, 2.75) is 23.1 Å². The molecule has 1 aromatic carbocycles. The van der Waals surface area contributed by atoms with Crippen molar-refractivity contribution in [1.82, 2.24) is 14.5 Å². The first-order chi connectivity index (χ1) is 13.9. The highest BCUT2D eigenvalue weighted by Gasteiger charge is 2.39. The number of hydrogen-bond donors (Lipinski definition) is 1. The van der Waals surface area contributed by atoms with E-state index in [-0.39, 0.29) is 14.9 Å². The van der Waals surface area contributed by atoms with Crippen molar-refractivity contribution in [3.63, 3.8) is 0 Å². The number of carbonyl (C=O) groups excluding carboxylic acids is 1. The quantitative estimate of drug-likeness (QED) is 0.633. The second-order valence-electron chi connectivity index (χ2n) is 6.23. The molecule has 7 nitrogen and oxygen atoms in total. The Kier molecular flexibility index (Phi) is 5.42. The fourth-order valence-corrected chi connectivity index (χ4v) is 6.76. The molecule has 1 fully saturated rings. The van der Waals surface area contributed by atoms with Gasteiger partial charge in [-0.05, 0) is 36.4 Å². The lowest BCUT2D eigenvalue weighted by Gasteiger charge is -2.21. The molecule has 1 saturated heterocycles. The van der Waals surface area contributed by atoms with Gasteiger partial charge in [0.1, 0.15) is 20.9 Å². The van der Waals surface area contributed by atoms with Crippen LogP contribution in [0, 0.1) is 11.6 Å². The normalized spacial score (nSPS) is 17.5. The average molecular weight is 457 g/mol. The summed E-state index contributed by atoms with van der Waals surface area (Å²) in [7, 11) is -3.66. The summed E-state index contributed by atoms with van der Waals surface area (Å²) in [5.74, 6) is -2.37. The summed E-state index contributed by atoms with van der Waals surface area (Å²) in [6.07, 6.45) is 1.23. The van der Waals surface area contributed by atoms with E-state index < -0.39 is 33.6 Å². The molecule has 0 spiro atoms. The Balaban J connectivity index is 1.54. The van der Waals surface area contributed by atoms with E-state index in [0.717, 1.165) is 34.8 Å². The Morgan fingerprint density at radius 1 is 1.24 bits per heavy atom. The van der Waals surface area contributed by atoms with Crippen LogP contribution in [0.5, 0.6) is 0 Å². The molecular formula is C17H14F2N4O3S3. The molecule has 2 aromatic heterocycles. The Hall–Kier alpha value is -2.28. The lowest BCUT2D eigenvalue weighted by molar-refractivity contribution is 0.102. The zero-order valence-electron chi connectivity index (χ0n) is 14.7. The van der Waals surface area contributed by atoms with Gasteiger partial charge in [-0.25, -0.2) is 17.2 Å². The molecule has 0 unspecified atom stereocenters. The SMILES string of the molecule is O=C(Nc1ccc(F)cc1F)c1nnc([C@H]2CCCN2S(=O)(=O)c2cccs2)s1. The number of hydrogen-bond acceptors (Lipinski definition) is 7. The molecule has 1 aliphatic rings. The van der Waals surface area contributed by atoms with Gasteiger partial charge in [0.15, 0.2) is 0 Å². The molecule has 0 saturated carbocycles. The molecule has 0 bridgehead atoms. The molecule has 4 rings (SSSR count). The number of nitrogens with one attached hydrogen (secondary N) is 1. The number of halogens is 2. The van der Waals surface area contributed by atoms with E-state index >= 15 is 0 Å². The second kappa shape index (κ2) is 7.86. The number of carbonyl (C=O) groups is 1. The largest absolute Gasteiger partial charge is 0.317 e. The zero-order valence-corrected chi connectivity index (χ0v) is 17.2. The van der Waals surface area contributed by atoms with E-state index in [1.54, 1.807) is 17.5 Å². The molecule has 29 heavy (non-hydrogen) atoms. The molecule has 12 heteroatoms. The first-order valence-corrected chi connectivity index (χ1v) is 11.6. The maximum atomic E-state index is 13.7. The van der Waals surface area contributed by atoms with Gasteiger partial charge in [0.25, 0.3) is 15.9 Å². The number of aromatic nitrogens is 2. The molecule has 152 valence electrons. The van der Waals surface area contributed by atoms with Crippen molar-refractivity contribution in [3.8, 4) is 0 Å². The minimum atomic E-state index is -3.66. The summed E-state index contributed by atoms with van der Waals surface area (Å²) in [5.41, 5.74) is -0.184. The number of anilines is 1. The molecular weight excluding hydrogens is 442 g/mol. The van der Waals surface area contributed by atoms with Gasteiger partial charge in [0.2, 0.25) is 5.01 Å². The summed E-state index contributed by atoms with van der Waals surface area (Å²) >= 11 is 2.09. The summed E-state index contributed by atoms with van der Waals surface area (Å²) in [6.45, 7) is 0.354. The van der Waals surface area contributed by atoms with Crippen molar-refractivity contribution < 1.29 is 22.0 Å². The van der Waals surface area contributed by atoms with Gasteiger partial charge in [-0.1, -0.05) is 17.4 Å². The van der Waals surface area contributed by atoms with E-state index in [2.05, 4.69) is 15.5 Å². The summed E-state index contributed by atoms with van der Waals surface area (Å²) in [4.78, 5) is 12.4. The summed E-state index contributed by atoms with van der Waals surface area (Å²) < 4.78 is 54.1. The topological polar surface area (TPSA) is 92.3 Å². The van der Waals surface area contributed by atoms with Crippen molar-refractivity contribution in [3.05, 3.63) is 57.4 Å². The molecule has 1 N–H and O–H groups in total. The van der Waals surface area contributed by atoms with Crippen LogP contribution in [0.4, 0.5) is 14.5 Å². The van der Waals surface area contributed by atoms with Gasteiger partial charge in [-0.2, -0.15) is 4.31 Å². The van der Waals surface area contributed by atoms with Crippen LogP contribution >= 0.6 is 22.7 Å². The number of benzene rings is 1. The van der Waals surface area contributed by atoms with Crippen LogP contribution < -0.4 is 5.32 Å². The highest BCUT2D eigenvalue weighted by atomic mass is 32.2. The first kappa shape index (κ1) is 20.0. The molecule has 3 aromatic rings. The van der Waals surface area contributed by atoms with E-state index in [4.69, 9.17) is 0 Å². The van der Waals surface area contributed by atoms with Crippen molar-refractivity contribution in [2.75, 3.05) is 11.9 Å². The number of amides is 1. The monoisotopic (exact) mass is 456 g/mol. The molecule has 3 heterocycles. The van der Waals surface area contributed by atoms with E-state index in [9.17, 15) is 22.0 Å². The van der Waals surface area contributed by atoms with E-state index in [0.29, 0.717) is 30.5 Å². The number of rotatable bonds is 5. The average Bonchev–Trinajstić information content (AvgIpc) is 3.44. The number of sulfonamides is 1. The van der Waals surface area contributed by atoms with E-state index in [1.807, 2.05) is 0 Å². The fourth-order valence-electron chi connectivity index (χ4n) is 3.03. The summed E-state index contributed by atoms with van der Waals surface area (Å²) in [5, 5.41) is 12.2. The lowest BCUT2D eigenvalue weighted by Crippen LogP contribution is -2.30. The van der Waals surface area contributed by atoms with Crippen molar-refractivity contribution >= 4 is 44.3 Å². The van der Waals surface area contributed by atoms with Gasteiger partial charge in [0, 0.05) is 12.6 Å². The van der Waals surface area contributed by atoms with Crippen LogP contribution in [-0.2, 0) is 10.0 Å². The fraction of sp³-hybridized carbons (Fsp3) is 0.235. The molecule has 1 amide bonds. The van der Waals surface area contributed by atoms with Gasteiger partial charge < -0.3 is 5.32 Å². The van der Waals surface area contributed by atoms with Gasteiger partial charge in [-0.15, -0.1) is 21.5 Å². The van der Waals surface area contributed by atoms with Crippen LogP contribution in [0.15, 0.2) is 39.9 Å². The maximum Gasteiger partial charge on any atom is 0.286 e. The van der Waals surface area contributed by atoms with Crippen molar-refractivity contribution in [1.29, 1.82) is 0 Å². The van der Waals surface area contributed by atoms with Crippen LogP contribution in [0.3, 0.4) is 0 Å².